The highest BCUT2D eigenvalue weighted by Crippen LogP contribution is 2.39. The first-order chi connectivity index (χ1) is 16.7. The number of pyridine rings is 1. The number of fused-ring (bicyclic) bond motifs is 1. The Balaban J connectivity index is 1.76. The molecule has 3 heterocycles. The number of aromatic amines is 1. The van der Waals surface area contributed by atoms with Crippen LogP contribution in [0.2, 0.25) is 10.0 Å². The van der Waals surface area contributed by atoms with Crippen molar-refractivity contribution < 1.29 is 8.78 Å². The second-order valence-corrected chi connectivity index (χ2v) is 9.36. The number of hydrogen-bond acceptors (Lipinski definition) is 4. The Bertz CT molecular complexity index is 1550. The van der Waals surface area contributed by atoms with E-state index in [1.54, 1.807) is 30.3 Å². The fourth-order valence-electron chi connectivity index (χ4n) is 3.98. The second-order valence-electron chi connectivity index (χ2n) is 8.54. The summed E-state index contributed by atoms with van der Waals surface area (Å²) in [6.07, 6.45) is 0. The standard InChI is InChI=1S/C25H20Cl2F2N6/c1-12(2)11-35-24-19(32-25(35)30)9-8-18(31-24)22-21(14-7-6-13(28)10-17(14)29)33-23(34-22)20-15(26)4-3-5-16(20)27/h3-10,12H,11H2,1-2H3,(H2,30,32)(H,33,34). The number of aromatic nitrogens is 5. The number of imidazole rings is 2. The van der Waals surface area contributed by atoms with Crippen LogP contribution in [0.5, 0.6) is 0 Å². The van der Waals surface area contributed by atoms with E-state index < -0.39 is 11.6 Å². The van der Waals surface area contributed by atoms with Gasteiger partial charge >= 0.3 is 0 Å². The van der Waals surface area contributed by atoms with Crippen molar-refractivity contribution in [2.45, 2.75) is 20.4 Å². The molecule has 0 fully saturated rings. The van der Waals surface area contributed by atoms with Crippen molar-refractivity contribution in [3.8, 4) is 34.0 Å². The molecule has 0 atom stereocenters. The van der Waals surface area contributed by atoms with Gasteiger partial charge in [-0.05, 0) is 42.3 Å². The lowest BCUT2D eigenvalue weighted by molar-refractivity contribution is 0.535. The first-order valence-electron chi connectivity index (χ1n) is 10.9. The van der Waals surface area contributed by atoms with Gasteiger partial charge < -0.3 is 10.7 Å². The molecule has 0 aliphatic rings. The Morgan fingerprint density at radius 2 is 1.74 bits per heavy atom. The van der Waals surface area contributed by atoms with Gasteiger partial charge in [0, 0.05) is 18.2 Å². The molecule has 2 aromatic carbocycles. The first kappa shape index (κ1) is 23.3. The van der Waals surface area contributed by atoms with Crippen LogP contribution in [0.1, 0.15) is 13.8 Å². The fraction of sp³-hybridized carbons (Fsp3) is 0.160. The molecule has 5 rings (SSSR count). The van der Waals surface area contributed by atoms with Crippen molar-refractivity contribution in [2.24, 2.45) is 5.92 Å². The van der Waals surface area contributed by atoms with Crippen LogP contribution in [0.15, 0.2) is 48.5 Å². The Hall–Kier alpha value is -3.49. The van der Waals surface area contributed by atoms with Gasteiger partial charge in [-0.2, -0.15) is 0 Å². The molecular weight excluding hydrogens is 493 g/mol. The minimum Gasteiger partial charge on any atom is -0.369 e. The molecule has 0 unspecified atom stereocenters. The quantitative estimate of drug-likeness (QED) is 0.266. The molecule has 0 amide bonds. The van der Waals surface area contributed by atoms with E-state index in [1.165, 1.54) is 12.1 Å². The molecule has 0 aliphatic carbocycles. The fourth-order valence-corrected chi connectivity index (χ4v) is 4.56. The summed E-state index contributed by atoms with van der Waals surface area (Å²) in [5.74, 6) is -0.456. The van der Waals surface area contributed by atoms with Crippen LogP contribution in [-0.2, 0) is 6.54 Å². The summed E-state index contributed by atoms with van der Waals surface area (Å²) in [6, 6.07) is 11.9. The summed E-state index contributed by atoms with van der Waals surface area (Å²) >= 11 is 12.8. The molecule has 0 spiro atoms. The molecule has 5 aromatic rings. The van der Waals surface area contributed by atoms with Gasteiger partial charge in [-0.15, -0.1) is 0 Å². The number of hydrogen-bond donors (Lipinski definition) is 2. The minimum absolute atomic E-state index is 0.101. The van der Waals surface area contributed by atoms with E-state index in [0.717, 1.165) is 6.07 Å². The predicted octanol–water partition coefficient (Wildman–Crippen LogP) is 6.98. The highest BCUT2D eigenvalue weighted by atomic mass is 35.5. The van der Waals surface area contributed by atoms with Crippen molar-refractivity contribution in [2.75, 3.05) is 5.73 Å². The summed E-state index contributed by atoms with van der Waals surface area (Å²) in [7, 11) is 0. The predicted molar refractivity (Wildman–Crippen MR) is 135 cm³/mol. The average molecular weight is 513 g/mol. The first-order valence-corrected chi connectivity index (χ1v) is 11.6. The summed E-state index contributed by atoms with van der Waals surface area (Å²) < 4.78 is 30.4. The number of halogens is 4. The molecule has 0 saturated carbocycles. The van der Waals surface area contributed by atoms with Gasteiger partial charge in [0.25, 0.3) is 0 Å². The topological polar surface area (TPSA) is 85.4 Å². The molecule has 0 saturated heterocycles. The Morgan fingerprint density at radius 1 is 1.00 bits per heavy atom. The third-order valence-corrected chi connectivity index (χ3v) is 6.15. The number of anilines is 1. The van der Waals surface area contributed by atoms with Crippen LogP contribution in [0, 0.1) is 17.6 Å². The third kappa shape index (κ3) is 4.24. The van der Waals surface area contributed by atoms with Crippen molar-refractivity contribution >= 4 is 40.3 Å². The Kier molecular flexibility index (Phi) is 5.94. The smallest absolute Gasteiger partial charge is 0.202 e. The number of nitrogens with one attached hydrogen (secondary N) is 1. The summed E-state index contributed by atoms with van der Waals surface area (Å²) in [4.78, 5) is 17.0. The zero-order chi connectivity index (χ0) is 24.9. The van der Waals surface area contributed by atoms with Gasteiger partial charge in [-0.25, -0.2) is 23.7 Å². The van der Waals surface area contributed by atoms with E-state index in [-0.39, 0.29) is 11.3 Å². The van der Waals surface area contributed by atoms with E-state index in [1.807, 2.05) is 4.57 Å². The van der Waals surface area contributed by atoms with Gasteiger partial charge in [0.15, 0.2) is 5.65 Å². The van der Waals surface area contributed by atoms with Gasteiger partial charge in [0.05, 0.1) is 27.0 Å². The molecule has 0 bridgehead atoms. The lowest BCUT2D eigenvalue weighted by Gasteiger charge is -2.09. The Labute approximate surface area is 209 Å². The molecule has 3 aromatic heterocycles. The number of rotatable bonds is 5. The van der Waals surface area contributed by atoms with Gasteiger partial charge in [-0.1, -0.05) is 43.1 Å². The maximum absolute atomic E-state index is 14.9. The van der Waals surface area contributed by atoms with Crippen LogP contribution in [-0.4, -0.2) is 24.5 Å². The van der Waals surface area contributed by atoms with Crippen LogP contribution in [0.4, 0.5) is 14.7 Å². The van der Waals surface area contributed by atoms with Crippen molar-refractivity contribution in [1.82, 2.24) is 24.5 Å². The maximum atomic E-state index is 14.9. The highest BCUT2D eigenvalue weighted by molar-refractivity contribution is 6.39. The summed E-state index contributed by atoms with van der Waals surface area (Å²) in [6.45, 7) is 4.76. The van der Waals surface area contributed by atoms with Gasteiger partial charge in [0.1, 0.15) is 28.7 Å². The lowest BCUT2D eigenvalue weighted by atomic mass is 10.1. The minimum atomic E-state index is -0.760. The number of H-pyrrole nitrogens is 1. The maximum Gasteiger partial charge on any atom is 0.202 e. The number of benzene rings is 2. The SMILES string of the molecule is CC(C)Cn1c(N)nc2ccc(-c3[nH]c(-c4c(Cl)cccc4Cl)nc3-c3ccc(F)cc3F)nc21. The van der Waals surface area contributed by atoms with E-state index in [9.17, 15) is 8.78 Å². The van der Waals surface area contributed by atoms with Crippen LogP contribution in [0.3, 0.4) is 0 Å². The lowest BCUT2D eigenvalue weighted by Crippen LogP contribution is -2.08. The summed E-state index contributed by atoms with van der Waals surface area (Å²) in [5.41, 5.74) is 9.05. The van der Waals surface area contributed by atoms with Crippen molar-refractivity contribution in [3.63, 3.8) is 0 Å². The highest BCUT2D eigenvalue weighted by Gasteiger charge is 2.23. The van der Waals surface area contributed by atoms with Crippen LogP contribution < -0.4 is 5.73 Å². The molecule has 10 heteroatoms. The normalized spacial score (nSPS) is 11.6. The molecule has 0 aliphatic heterocycles. The molecule has 0 radical (unpaired) electrons. The second kappa shape index (κ2) is 8.94. The van der Waals surface area contributed by atoms with Crippen molar-refractivity contribution in [1.29, 1.82) is 0 Å². The molecule has 3 N–H and O–H groups in total. The number of nitrogens with zero attached hydrogens (tertiary/aromatic N) is 4. The molecule has 6 nitrogen and oxygen atoms in total. The Morgan fingerprint density at radius 3 is 2.43 bits per heavy atom. The van der Waals surface area contributed by atoms with Crippen molar-refractivity contribution in [3.05, 3.63) is 70.2 Å². The van der Waals surface area contributed by atoms with E-state index >= 15 is 0 Å². The monoisotopic (exact) mass is 512 g/mol. The summed E-state index contributed by atoms with van der Waals surface area (Å²) in [5, 5.41) is 0.741. The van der Waals surface area contributed by atoms with Crippen LogP contribution in [0.25, 0.3) is 45.2 Å². The largest absolute Gasteiger partial charge is 0.369 e. The average Bonchev–Trinajstić information content (AvgIpc) is 3.34. The van der Waals surface area contributed by atoms with Gasteiger partial charge in [-0.3, -0.25) is 4.57 Å². The van der Waals surface area contributed by atoms with E-state index in [0.29, 0.717) is 62.4 Å². The molecule has 178 valence electrons. The number of nitrogen functional groups attached to an aromatic ring is 1. The van der Waals surface area contributed by atoms with Crippen LogP contribution >= 0.6 is 23.2 Å². The molecular formula is C25H20Cl2F2N6. The zero-order valence-corrected chi connectivity index (χ0v) is 20.3. The van der Waals surface area contributed by atoms with Gasteiger partial charge in [0.2, 0.25) is 5.95 Å². The van der Waals surface area contributed by atoms with E-state index in [2.05, 4.69) is 28.8 Å². The van der Waals surface area contributed by atoms with E-state index in [4.69, 9.17) is 33.9 Å². The number of nitrogens with two attached hydrogens (primary N) is 1. The third-order valence-electron chi connectivity index (χ3n) is 5.52. The molecule has 35 heavy (non-hydrogen) atoms. The zero-order valence-electron chi connectivity index (χ0n) is 18.8.